The lowest BCUT2D eigenvalue weighted by molar-refractivity contribution is -0.119. The third-order valence-electron chi connectivity index (χ3n) is 3.76. The second-order valence-electron chi connectivity index (χ2n) is 5.63. The van der Waals surface area contributed by atoms with Crippen molar-refractivity contribution in [1.82, 2.24) is 4.98 Å². The fourth-order valence-corrected chi connectivity index (χ4v) is 2.51. The van der Waals surface area contributed by atoms with Crippen LogP contribution in [0.1, 0.15) is 20.8 Å². The van der Waals surface area contributed by atoms with Crippen molar-refractivity contribution in [3.05, 3.63) is 76.1 Å². The molecule has 0 bridgehead atoms. The highest BCUT2D eigenvalue weighted by Gasteiger charge is 2.15. The number of carbonyl (C=O) groups is 3. The van der Waals surface area contributed by atoms with E-state index in [0.717, 1.165) is 6.07 Å². The van der Waals surface area contributed by atoms with E-state index in [2.05, 4.69) is 10.3 Å². The number of benzene rings is 2. The summed E-state index contributed by atoms with van der Waals surface area (Å²) in [5.41, 5.74) is 5.67. The van der Waals surface area contributed by atoms with Gasteiger partial charge in [0.1, 0.15) is 5.69 Å². The van der Waals surface area contributed by atoms with Crippen LogP contribution in [-0.4, -0.2) is 29.4 Å². The van der Waals surface area contributed by atoms with Gasteiger partial charge >= 0.3 is 5.97 Å². The minimum atomic E-state index is -0.851. The van der Waals surface area contributed by atoms with Gasteiger partial charge in [-0.1, -0.05) is 24.3 Å². The number of amides is 2. The topological polar surface area (TPSA) is 131 Å². The van der Waals surface area contributed by atoms with E-state index >= 15 is 0 Å². The number of aromatic nitrogens is 1. The number of para-hydroxylation sites is 2. The molecule has 0 spiro atoms. The Morgan fingerprint density at radius 1 is 1.04 bits per heavy atom. The van der Waals surface area contributed by atoms with E-state index in [4.69, 9.17) is 10.5 Å². The Morgan fingerprint density at radius 3 is 2.52 bits per heavy atom. The van der Waals surface area contributed by atoms with Gasteiger partial charge in [0.15, 0.2) is 12.0 Å². The number of aromatic amines is 1. The number of hydrogen-bond donors (Lipinski definition) is 3. The Labute approximate surface area is 152 Å². The molecule has 1 aromatic heterocycles. The SMILES string of the molecule is NC(=O)c1ccccc1NC(=O)COC(=O)c1cc(=O)c2ccccc2[nH]1. The number of rotatable bonds is 5. The van der Waals surface area contributed by atoms with E-state index < -0.39 is 24.4 Å². The predicted octanol–water partition coefficient (Wildman–Crippen LogP) is 1.42. The van der Waals surface area contributed by atoms with E-state index in [1.807, 2.05) is 0 Å². The molecule has 0 radical (unpaired) electrons. The highest BCUT2D eigenvalue weighted by Crippen LogP contribution is 2.14. The molecular formula is C19H15N3O5. The number of pyridine rings is 1. The van der Waals surface area contributed by atoms with Crippen LogP contribution in [0.5, 0.6) is 0 Å². The highest BCUT2D eigenvalue weighted by atomic mass is 16.5. The maximum Gasteiger partial charge on any atom is 0.355 e. The monoisotopic (exact) mass is 365 g/mol. The molecule has 3 aromatic rings. The van der Waals surface area contributed by atoms with Crippen molar-refractivity contribution in [2.45, 2.75) is 0 Å². The van der Waals surface area contributed by atoms with Crippen molar-refractivity contribution >= 4 is 34.4 Å². The van der Waals surface area contributed by atoms with Gasteiger partial charge in [0.05, 0.1) is 11.3 Å². The third kappa shape index (κ3) is 4.01. The molecule has 0 aliphatic carbocycles. The summed E-state index contributed by atoms with van der Waals surface area (Å²) in [4.78, 5) is 50.3. The smallest absolute Gasteiger partial charge is 0.355 e. The summed E-state index contributed by atoms with van der Waals surface area (Å²) < 4.78 is 4.93. The van der Waals surface area contributed by atoms with Crippen molar-refractivity contribution in [3.8, 4) is 0 Å². The molecule has 136 valence electrons. The maximum absolute atomic E-state index is 12.1. The summed E-state index contributed by atoms with van der Waals surface area (Å²) in [6.45, 7) is -0.596. The Hall–Kier alpha value is -3.94. The van der Waals surface area contributed by atoms with Crippen LogP contribution in [0.4, 0.5) is 5.69 Å². The maximum atomic E-state index is 12.1. The van der Waals surface area contributed by atoms with E-state index in [-0.39, 0.29) is 22.4 Å². The molecule has 0 aliphatic heterocycles. The molecule has 0 atom stereocenters. The van der Waals surface area contributed by atoms with Crippen LogP contribution in [0.2, 0.25) is 0 Å². The first-order chi connectivity index (χ1) is 13.0. The minimum absolute atomic E-state index is 0.0657. The molecule has 1 heterocycles. The second-order valence-corrected chi connectivity index (χ2v) is 5.63. The fourth-order valence-electron chi connectivity index (χ4n) is 2.51. The van der Waals surface area contributed by atoms with E-state index in [0.29, 0.717) is 10.9 Å². The number of nitrogens with one attached hydrogen (secondary N) is 2. The quantitative estimate of drug-likeness (QED) is 0.589. The van der Waals surface area contributed by atoms with Crippen LogP contribution in [0.15, 0.2) is 59.4 Å². The zero-order valence-corrected chi connectivity index (χ0v) is 14.0. The molecule has 0 unspecified atom stereocenters. The first kappa shape index (κ1) is 17.9. The van der Waals surface area contributed by atoms with Gasteiger partial charge in [0.25, 0.3) is 11.8 Å². The van der Waals surface area contributed by atoms with Crippen LogP contribution < -0.4 is 16.5 Å². The number of esters is 1. The second kappa shape index (κ2) is 7.52. The number of primary amides is 1. The summed E-state index contributed by atoms with van der Waals surface area (Å²) in [7, 11) is 0. The lowest BCUT2D eigenvalue weighted by Gasteiger charge is -2.09. The lowest BCUT2D eigenvalue weighted by atomic mass is 10.1. The van der Waals surface area contributed by atoms with Gasteiger partial charge in [0, 0.05) is 17.0 Å². The van der Waals surface area contributed by atoms with Crippen LogP contribution in [-0.2, 0) is 9.53 Å². The van der Waals surface area contributed by atoms with Crippen LogP contribution in [0.25, 0.3) is 10.9 Å². The minimum Gasteiger partial charge on any atom is -0.451 e. The Bertz CT molecular complexity index is 1100. The standard InChI is InChI=1S/C19H15N3O5/c20-18(25)12-6-2-4-8-14(12)22-17(24)10-27-19(26)15-9-16(23)11-5-1-3-7-13(11)21-15/h1-9H,10H2,(H2,20,25)(H,21,23)(H,22,24). The third-order valence-corrected chi connectivity index (χ3v) is 3.76. The Morgan fingerprint density at radius 2 is 1.74 bits per heavy atom. The van der Waals surface area contributed by atoms with Gasteiger partial charge in [-0.25, -0.2) is 4.79 Å². The molecule has 0 fully saturated rings. The number of hydrogen-bond acceptors (Lipinski definition) is 5. The first-order valence-corrected chi connectivity index (χ1v) is 7.93. The zero-order valence-electron chi connectivity index (χ0n) is 14.0. The average molecular weight is 365 g/mol. The lowest BCUT2D eigenvalue weighted by Crippen LogP contribution is -2.24. The molecule has 3 rings (SSSR count). The summed E-state index contributed by atoms with van der Waals surface area (Å²) in [5, 5.41) is 2.89. The van der Waals surface area contributed by atoms with Crippen molar-refractivity contribution in [1.29, 1.82) is 0 Å². The van der Waals surface area contributed by atoms with Crippen molar-refractivity contribution in [3.63, 3.8) is 0 Å². The van der Waals surface area contributed by atoms with Crippen molar-refractivity contribution < 1.29 is 19.1 Å². The number of carbonyl (C=O) groups excluding carboxylic acids is 3. The van der Waals surface area contributed by atoms with Gasteiger partial charge in [0.2, 0.25) is 0 Å². The Kier molecular flexibility index (Phi) is 4.98. The van der Waals surface area contributed by atoms with Crippen molar-refractivity contribution in [2.24, 2.45) is 5.73 Å². The normalized spacial score (nSPS) is 10.4. The zero-order chi connectivity index (χ0) is 19.4. The van der Waals surface area contributed by atoms with Gasteiger partial charge in [-0.15, -0.1) is 0 Å². The highest BCUT2D eigenvalue weighted by molar-refractivity contribution is 6.03. The van der Waals surface area contributed by atoms with E-state index in [1.54, 1.807) is 36.4 Å². The molecule has 2 amide bonds. The summed E-state index contributed by atoms with van der Waals surface area (Å²) in [6.07, 6.45) is 0. The van der Waals surface area contributed by atoms with E-state index in [1.165, 1.54) is 12.1 Å². The van der Waals surface area contributed by atoms with Gasteiger partial charge < -0.3 is 20.8 Å². The first-order valence-electron chi connectivity index (χ1n) is 7.93. The van der Waals surface area contributed by atoms with Gasteiger partial charge in [-0.2, -0.15) is 0 Å². The van der Waals surface area contributed by atoms with Crippen LogP contribution in [0, 0.1) is 0 Å². The molecular weight excluding hydrogens is 350 g/mol. The largest absolute Gasteiger partial charge is 0.451 e. The molecule has 4 N–H and O–H groups in total. The molecule has 0 saturated carbocycles. The summed E-state index contributed by atoms with van der Waals surface area (Å²) in [5.74, 6) is -2.20. The number of nitrogens with two attached hydrogens (primary N) is 1. The number of H-pyrrole nitrogens is 1. The fraction of sp³-hybridized carbons (Fsp3) is 0.0526. The molecule has 8 nitrogen and oxygen atoms in total. The summed E-state index contributed by atoms with van der Waals surface area (Å²) >= 11 is 0. The number of fused-ring (bicyclic) bond motifs is 1. The molecule has 2 aromatic carbocycles. The molecule has 8 heteroatoms. The van der Waals surface area contributed by atoms with Crippen LogP contribution in [0.3, 0.4) is 0 Å². The van der Waals surface area contributed by atoms with E-state index in [9.17, 15) is 19.2 Å². The molecule has 0 aliphatic rings. The number of anilines is 1. The number of ether oxygens (including phenoxy) is 1. The average Bonchev–Trinajstić information content (AvgIpc) is 2.66. The van der Waals surface area contributed by atoms with Crippen LogP contribution >= 0.6 is 0 Å². The van der Waals surface area contributed by atoms with Gasteiger partial charge in [-0.05, 0) is 24.3 Å². The molecule has 0 saturated heterocycles. The van der Waals surface area contributed by atoms with Gasteiger partial charge in [-0.3, -0.25) is 14.4 Å². The Balaban J connectivity index is 1.68. The molecule has 27 heavy (non-hydrogen) atoms. The predicted molar refractivity (Wildman–Crippen MR) is 98.4 cm³/mol. The van der Waals surface area contributed by atoms with Crippen molar-refractivity contribution in [2.75, 3.05) is 11.9 Å². The summed E-state index contributed by atoms with van der Waals surface area (Å²) in [6, 6.07) is 14.0.